The van der Waals surface area contributed by atoms with Crippen molar-refractivity contribution in [3.63, 3.8) is 0 Å². The molecule has 2 atom stereocenters. The molecule has 0 spiro atoms. The third-order valence-corrected chi connectivity index (χ3v) is 8.77. The van der Waals surface area contributed by atoms with Gasteiger partial charge in [0.2, 0.25) is 0 Å². The molecule has 36 heavy (non-hydrogen) atoms. The monoisotopic (exact) mass is 485 g/mol. The van der Waals surface area contributed by atoms with Crippen molar-refractivity contribution in [1.29, 1.82) is 0 Å². The van der Waals surface area contributed by atoms with Gasteiger partial charge in [-0.05, 0) is 92.3 Å². The van der Waals surface area contributed by atoms with E-state index in [4.69, 9.17) is 0 Å². The van der Waals surface area contributed by atoms with Crippen molar-refractivity contribution in [1.82, 2.24) is 14.4 Å². The van der Waals surface area contributed by atoms with Crippen LogP contribution in [-0.4, -0.2) is 53.0 Å². The number of amides is 1. The van der Waals surface area contributed by atoms with Crippen molar-refractivity contribution in [2.75, 3.05) is 32.7 Å². The number of allylic oxidation sites excluding steroid dienone is 1. The van der Waals surface area contributed by atoms with Crippen LogP contribution in [0.1, 0.15) is 47.5 Å². The lowest BCUT2D eigenvalue weighted by Crippen LogP contribution is -2.39. The summed E-state index contributed by atoms with van der Waals surface area (Å²) in [4.78, 5) is 18.6. The molecule has 6 rings (SSSR count). The Balaban J connectivity index is 1.14. The zero-order chi connectivity index (χ0) is 24.6. The summed E-state index contributed by atoms with van der Waals surface area (Å²) in [7, 11) is 0. The second kappa shape index (κ2) is 9.85. The summed E-state index contributed by atoms with van der Waals surface area (Å²) in [6.45, 7) is 9.58. The largest absolute Gasteiger partial charge is 0.343 e. The molecule has 0 N–H and O–H groups in total. The fourth-order valence-corrected chi connectivity index (χ4v) is 6.72. The second-order valence-electron chi connectivity index (χ2n) is 11.1. The van der Waals surface area contributed by atoms with Crippen molar-refractivity contribution in [3.05, 3.63) is 84.3 Å². The number of benzene rings is 2. The Bertz CT molecular complexity index is 1240. The quantitative estimate of drug-likeness (QED) is 0.387. The summed E-state index contributed by atoms with van der Waals surface area (Å²) >= 11 is 0. The molecule has 4 nitrogen and oxygen atoms in total. The number of carbonyl (C=O) groups excluding carboxylic acids is 1. The number of carbonyl (C=O) groups is 1. The molecule has 5 heteroatoms. The average Bonchev–Trinajstić information content (AvgIpc) is 3.54. The average molecular weight is 486 g/mol. The zero-order valence-electron chi connectivity index (χ0n) is 21.0. The third kappa shape index (κ3) is 4.61. The Labute approximate surface area is 213 Å². The number of piperidine rings is 1. The molecule has 0 radical (unpaired) electrons. The van der Waals surface area contributed by atoms with Gasteiger partial charge in [-0.15, -0.1) is 6.58 Å². The van der Waals surface area contributed by atoms with Gasteiger partial charge in [-0.2, -0.15) is 0 Å². The predicted octanol–water partition coefficient (Wildman–Crippen LogP) is 5.94. The minimum atomic E-state index is -0.159. The lowest BCUT2D eigenvalue weighted by Gasteiger charge is -2.34. The SMILES string of the molecule is C=CCn1ccc2cccc(C(=O)N3C[C@@H](CN4CCC(c5ccc(F)cc5)CC4)[C@H](C4CC4)C3)c21. The number of likely N-dealkylation sites (tertiary alicyclic amines) is 2. The van der Waals surface area contributed by atoms with Crippen molar-refractivity contribution in [2.45, 2.75) is 38.1 Å². The maximum Gasteiger partial charge on any atom is 0.256 e. The second-order valence-corrected chi connectivity index (χ2v) is 11.1. The van der Waals surface area contributed by atoms with Crippen molar-refractivity contribution in [2.24, 2.45) is 17.8 Å². The Morgan fingerprint density at radius 1 is 1.00 bits per heavy atom. The van der Waals surface area contributed by atoms with E-state index in [1.807, 2.05) is 30.3 Å². The number of aromatic nitrogens is 1. The molecule has 0 bridgehead atoms. The molecule has 3 fully saturated rings. The molecule has 1 amide bonds. The first-order chi connectivity index (χ1) is 17.6. The van der Waals surface area contributed by atoms with Gasteiger partial charge < -0.3 is 14.4 Å². The van der Waals surface area contributed by atoms with E-state index in [0.717, 1.165) is 67.9 Å². The van der Waals surface area contributed by atoms with Gasteiger partial charge in [0.05, 0.1) is 11.1 Å². The van der Waals surface area contributed by atoms with Crippen LogP contribution in [0.5, 0.6) is 0 Å². The molecule has 3 aliphatic rings. The first kappa shape index (κ1) is 23.5. The highest BCUT2D eigenvalue weighted by atomic mass is 19.1. The molecular weight excluding hydrogens is 449 g/mol. The Morgan fingerprint density at radius 2 is 1.78 bits per heavy atom. The van der Waals surface area contributed by atoms with Crippen LogP contribution in [-0.2, 0) is 6.54 Å². The molecule has 3 aromatic rings. The lowest BCUT2D eigenvalue weighted by atomic mass is 9.87. The molecule has 1 aromatic heterocycles. The molecule has 2 aliphatic heterocycles. The normalized spacial score (nSPS) is 23.4. The first-order valence-electron chi connectivity index (χ1n) is 13.6. The standard InChI is InChI=1S/C31H36FN3O/c1-2-15-34-18-14-25-4-3-5-28(30(25)34)31(36)35-20-26(29(21-35)24-6-7-24)19-33-16-12-23(13-17-33)22-8-10-27(32)11-9-22/h2-5,8-11,14,18,23-24,26,29H,1,6-7,12-13,15-17,19-21H2/t26-,29+/m1/s1. The van der Waals surface area contributed by atoms with Crippen LogP contribution in [0.2, 0.25) is 0 Å². The van der Waals surface area contributed by atoms with Crippen LogP contribution in [0.4, 0.5) is 4.39 Å². The van der Waals surface area contributed by atoms with Gasteiger partial charge in [0.15, 0.2) is 0 Å². The number of nitrogens with zero attached hydrogens (tertiary/aromatic N) is 3. The Kier molecular flexibility index (Phi) is 6.43. The maximum atomic E-state index is 13.8. The smallest absolute Gasteiger partial charge is 0.256 e. The zero-order valence-corrected chi connectivity index (χ0v) is 21.0. The van der Waals surface area contributed by atoms with E-state index >= 15 is 0 Å². The summed E-state index contributed by atoms with van der Waals surface area (Å²) in [6.07, 6.45) is 8.81. The summed E-state index contributed by atoms with van der Waals surface area (Å²) in [5.41, 5.74) is 3.10. The summed E-state index contributed by atoms with van der Waals surface area (Å²) in [6, 6.07) is 15.2. The van der Waals surface area contributed by atoms with Gasteiger partial charge in [0.1, 0.15) is 5.82 Å². The molecule has 3 heterocycles. The first-order valence-corrected chi connectivity index (χ1v) is 13.6. The highest BCUT2D eigenvalue weighted by molar-refractivity contribution is 6.06. The molecule has 0 unspecified atom stereocenters. The van der Waals surface area contributed by atoms with Gasteiger partial charge in [-0.1, -0.05) is 30.3 Å². The molecule has 2 saturated heterocycles. The van der Waals surface area contributed by atoms with Crippen molar-refractivity contribution in [3.8, 4) is 0 Å². The van der Waals surface area contributed by atoms with E-state index in [0.29, 0.717) is 24.3 Å². The number of hydrogen-bond acceptors (Lipinski definition) is 2. The predicted molar refractivity (Wildman–Crippen MR) is 143 cm³/mol. The van der Waals surface area contributed by atoms with E-state index in [9.17, 15) is 9.18 Å². The molecular formula is C31H36FN3O. The van der Waals surface area contributed by atoms with E-state index in [1.165, 1.54) is 18.4 Å². The van der Waals surface area contributed by atoms with E-state index < -0.39 is 0 Å². The van der Waals surface area contributed by atoms with Gasteiger partial charge in [0, 0.05) is 37.8 Å². The van der Waals surface area contributed by atoms with E-state index in [1.54, 1.807) is 12.1 Å². The Hall–Kier alpha value is -2.92. The number of fused-ring (bicyclic) bond motifs is 1. The van der Waals surface area contributed by atoms with Crippen LogP contribution in [0.3, 0.4) is 0 Å². The summed E-state index contributed by atoms with van der Waals surface area (Å²) < 4.78 is 15.5. The molecule has 2 aromatic carbocycles. The fraction of sp³-hybridized carbons (Fsp3) is 0.452. The van der Waals surface area contributed by atoms with Crippen LogP contribution in [0.25, 0.3) is 10.9 Å². The molecule has 1 aliphatic carbocycles. The summed E-state index contributed by atoms with van der Waals surface area (Å²) in [5.74, 6) is 2.48. The van der Waals surface area contributed by atoms with Crippen LogP contribution in [0.15, 0.2) is 67.4 Å². The van der Waals surface area contributed by atoms with Gasteiger partial charge >= 0.3 is 0 Å². The van der Waals surface area contributed by atoms with Crippen molar-refractivity contribution < 1.29 is 9.18 Å². The Morgan fingerprint density at radius 3 is 2.50 bits per heavy atom. The van der Waals surface area contributed by atoms with Gasteiger partial charge in [-0.3, -0.25) is 4.79 Å². The number of halogens is 1. The van der Waals surface area contributed by atoms with Gasteiger partial charge in [-0.25, -0.2) is 4.39 Å². The lowest BCUT2D eigenvalue weighted by molar-refractivity contribution is 0.0781. The topological polar surface area (TPSA) is 28.5 Å². The van der Waals surface area contributed by atoms with Crippen LogP contribution < -0.4 is 0 Å². The highest BCUT2D eigenvalue weighted by Crippen LogP contribution is 2.45. The maximum absolute atomic E-state index is 13.8. The fourth-order valence-electron chi connectivity index (χ4n) is 6.72. The van der Waals surface area contributed by atoms with Gasteiger partial charge in [0.25, 0.3) is 5.91 Å². The van der Waals surface area contributed by atoms with Crippen LogP contribution in [0, 0.1) is 23.6 Å². The minimum Gasteiger partial charge on any atom is -0.343 e. The number of rotatable bonds is 7. The molecule has 1 saturated carbocycles. The van der Waals surface area contributed by atoms with E-state index in [-0.39, 0.29) is 11.7 Å². The minimum absolute atomic E-state index is 0.159. The van der Waals surface area contributed by atoms with E-state index in [2.05, 4.69) is 39.3 Å². The summed E-state index contributed by atoms with van der Waals surface area (Å²) in [5, 5.41) is 1.11. The molecule has 188 valence electrons. The van der Waals surface area contributed by atoms with Crippen LogP contribution >= 0.6 is 0 Å². The highest BCUT2D eigenvalue weighted by Gasteiger charge is 2.44. The number of hydrogen-bond donors (Lipinski definition) is 0. The third-order valence-electron chi connectivity index (χ3n) is 8.77. The number of para-hydroxylation sites is 1. The van der Waals surface area contributed by atoms with Crippen molar-refractivity contribution >= 4 is 16.8 Å².